The largest absolute Gasteiger partial charge is 0.497 e. The monoisotopic (exact) mass is 424 g/mol. The molecule has 0 spiro atoms. The quantitative estimate of drug-likeness (QED) is 0.706. The van der Waals surface area contributed by atoms with Crippen molar-refractivity contribution in [2.75, 3.05) is 63.1 Å². The number of ether oxygens (including phenoxy) is 1. The van der Waals surface area contributed by atoms with E-state index in [1.54, 1.807) is 30.2 Å². The van der Waals surface area contributed by atoms with Gasteiger partial charge in [0.25, 0.3) is 5.91 Å². The van der Waals surface area contributed by atoms with Crippen LogP contribution in [0.3, 0.4) is 0 Å². The summed E-state index contributed by atoms with van der Waals surface area (Å²) < 4.78 is 5.22. The van der Waals surface area contributed by atoms with Crippen LogP contribution in [0.25, 0.3) is 0 Å². The smallest absolute Gasteiger partial charge is 0.253 e. The second kappa shape index (κ2) is 10.8. The summed E-state index contributed by atoms with van der Waals surface area (Å²) in [4.78, 5) is 31.3. The molecule has 0 aromatic heterocycles. The van der Waals surface area contributed by atoms with Crippen LogP contribution in [0.2, 0.25) is 0 Å². The Bertz CT molecular complexity index is 873. The van der Waals surface area contributed by atoms with Crippen molar-refractivity contribution in [3.05, 3.63) is 54.1 Å². The molecule has 2 aromatic rings. The van der Waals surface area contributed by atoms with Gasteiger partial charge in [-0.25, -0.2) is 0 Å². The Hall–Kier alpha value is -3.06. The number of carbonyl (C=O) groups is 2. The first-order valence-corrected chi connectivity index (χ1v) is 10.8. The number of nitrogens with zero attached hydrogens (tertiary/aromatic N) is 3. The number of hydrogen-bond donors (Lipinski definition) is 1. The average molecular weight is 425 g/mol. The van der Waals surface area contributed by atoms with Crippen LogP contribution in [0, 0.1) is 0 Å². The van der Waals surface area contributed by atoms with E-state index in [1.165, 1.54) is 5.69 Å². The maximum atomic E-state index is 12.6. The molecule has 1 saturated heterocycles. The second-order valence-electron chi connectivity index (χ2n) is 7.57. The Morgan fingerprint density at radius 3 is 2.29 bits per heavy atom. The summed E-state index contributed by atoms with van der Waals surface area (Å²) in [5.41, 5.74) is 2.41. The number of nitrogens with one attached hydrogen (secondary N) is 1. The SMILES string of the molecule is CCN(CC)C(=O)c1cccc(NC(=O)CN2CCN(c3ccc(OC)cc3)CC2)c1. The first-order valence-electron chi connectivity index (χ1n) is 10.8. The number of hydrogen-bond acceptors (Lipinski definition) is 5. The highest BCUT2D eigenvalue weighted by atomic mass is 16.5. The van der Waals surface area contributed by atoms with E-state index in [9.17, 15) is 9.59 Å². The first-order chi connectivity index (χ1) is 15.0. The Balaban J connectivity index is 1.50. The van der Waals surface area contributed by atoms with Gasteiger partial charge >= 0.3 is 0 Å². The molecule has 31 heavy (non-hydrogen) atoms. The molecule has 7 heteroatoms. The topological polar surface area (TPSA) is 65.1 Å². The summed E-state index contributed by atoms with van der Waals surface area (Å²) in [7, 11) is 1.66. The third-order valence-corrected chi connectivity index (χ3v) is 5.62. The summed E-state index contributed by atoms with van der Waals surface area (Å²) in [5.74, 6) is 0.767. The maximum Gasteiger partial charge on any atom is 0.253 e. The molecular weight excluding hydrogens is 392 g/mol. The van der Waals surface area contributed by atoms with Crippen LogP contribution in [0.4, 0.5) is 11.4 Å². The highest BCUT2D eigenvalue weighted by Crippen LogP contribution is 2.20. The predicted molar refractivity (Wildman–Crippen MR) is 124 cm³/mol. The van der Waals surface area contributed by atoms with Gasteiger partial charge in [0.15, 0.2) is 0 Å². The van der Waals surface area contributed by atoms with Crippen molar-refractivity contribution in [1.82, 2.24) is 9.80 Å². The van der Waals surface area contributed by atoms with Gasteiger partial charge in [0.05, 0.1) is 13.7 Å². The van der Waals surface area contributed by atoms with Crippen LogP contribution >= 0.6 is 0 Å². The maximum absolute atomic E-state index is 12.6. The molecule has 2 amide bonds. The van der Waals surface area contributed by atoms with Gasteiger partial charge in [-0.2, -0.15) is 0 Å². The Morgan fingerprint density at radius 1 is 1.00 bits per heavy atom. The summed E-state index contributed by atoms with van der Waals surface area (Å²) in [5, 5.41) is 2.94. The van der Waals surface area contributed by atoms with Crippen molar-refractivity contribution >= 4 is 23.2 Å². The van der Waals surface area contributed by atoms with E-state index < -0.39 is 0 Å². The van der Waals surface area contributed by atoms with Crippen molar-refractivity contribution in [3.8, 4) is 5.75 Å². The summed E-state index contributed by atoms with van der Waals surface area (Å²) in [6.07, 6.45) is 0. The zero-order valence-corrected chi connectivity index (χ0v) is 18.6. The third kappa shape index (κ3) is 5.98. The Morgan fingerprint density at radius 2 is 1.68 bits per heavy atom. The van der Waals surface area contributed by atoms with Gasteiger partial charge in [-0.05, 0) is 56.3 Å². The molecule has 1 aliphatic heterocycles. The van der Waals surface area contributed by atoms with Crippen molar-refractivity contribution in [1.29, 1.82) is 0 Å². The van der Waals surface area contributed by atoms with Crippen LogP contribution in [0.5, 0.6) is 5.75 Å². The van der Waals surface area contributed by atoms with Crippen LogP contribution in [-0.4, -0.2) is 74.5 Å². The molecule has 0 bridgehead atoms. The van der Waals surface area contributed by atoms with E-state index >= 15 is 0 Å². The fraction of sp³-hybridized carbons (Fsp3) is 0.417. The van der Waals surface area contributed by atoms with E-state index in [0.717, 1.165) is 31.9 Å². The first kappa shape index (κ1) is 22.6. The number of piperazine rings is 1. The Labute approximate surface area is 184 Å². The summed E-state index contributed by atoms with van der Waals surface area (Å²) >= 11 is 0. The lowest BCUT2D eigenvalue weighted by Crippen LogP contribution is -2.48. The molecule has 0 unspecified atom stereocenters. The highest BCUT2D eigenvalue weighted by molar-refractivity contribution is 5.97. The minimum Gasteiger partial charge on any atom is -0.497 e. The Kier molecular flexibility index (Phi) is 7.89. The predicted octanol–water partition coefficient (Wildman–Crippen LogP) is 2.94. The van der Waals surface area contributed by atoms with Crippen molar-refractivity contribution in [2.45, 2.75) is 13.8 Å². The van der Waals surface area contributed by atoms with Gasteiger partial charge in [-0.3, -0.25) is 14.5 Å². The minimum absolute atomic E-state index is 0.0178. The van der Waals surface area contributed by atoms with Gasteiger partial charge in [0.2, 0.25) is 5.91 Å². The zero-order chi connectivity index (χ0) is 22.2. The molecule has 0 atom stereocenters. The van der Waals surface area contributed by atoms with Gasteiger partial charge in [-0.15, -0.1) is 0 Å². The fourth-order valence-corrected chi connectivity index (χ4v) is 3.78. The van der Waals surface area contributed by atoms with Crippen molar-refractivity contribution in [2.24, 2.45) is 0 Å². The summed E-state index contributed by atoms with van der Waals surface area (Å²) in [6.45, 7) is 8.96. The molecule has 1 aliphatic rings. The molecule has 0 saturated carbocycles. The highest BCUT2D eigenvalue weighted by Gasteiger charge is 2.20. The number of rotatable bonds is 8. The fourth-order valence-electron chi connectivity index (χ4n) is 3.78. The number of benzene rings is 2. The van der Waals surface area contributed by atoms with E-state index in [0.29, 0.717) is 30.9 Å². The van der Waals surface area contributed by atoms with Crippen LogP contribution < -0.4 is 15.0 Å². The molecule has 0 aliphatic carbocycles. The molecule has 2 aromatic carbocycles. The van der Waals surface area contributed by atoms with Gasteiger partial charge < -0.3 is 19.9 Å². The molecule has 3 rings (SSSR count). The van der Waals surface area contributed by atoms with Gasteiger partial charge in [0.1, 0.15) is 5.75 Å². The van der Waals surface area contributed by atoms with E-state index in [-0.39, 0.29) is 11.8 Å². The van der Waals surface area contributed by atoms with E-state index in [2.05, 4.69) is 27.2 Å². The molecule has 7 nitrogen and oxygen atoms in total. The lowest BCUT2D eigenvalue weighted by Gasteiger charge is -2.35. The van der Waals surface area contributed by atoms with E-state index in [1.807, 2.05) is 32.0 Å². The lowest BCUT2D eigenvalue weighted by molar-refractivity contribution is -0.117. The zero-order valence-electron chi connectivity index (χ0n) is 18.6. The average Bonchev–Trinajstić information content (AvgIpc) is 2.80. The van der Waals surface area contributed by atoms with E-state index in [4.69, 9.17) is 4.74 Å². The van der Waals surface area contributed by atoms with Crippen molar-refractivity contribution < 1.29 is 14.3 Å². The van der Waals surface area contributed by atoms with Crippen molar-refractivity contribution in [3.63, 3.8) is 0 Å². The van der Waals surface area contributed by atoms with Crippen LogP contribution in [-0.2, 0) is 4.79 Å². The molecule has 1 N–H and O–H groups in total. The normalized spacial score (nSPS) is 14.2. The van der Waals surface area contributed by atoms with Gasteiger partial charge in [-0.1, -0.05) is 6.07 Å². The molecule has 166 valence electrons. The minimum atomic E-state index is -0.0645. The second-order valence-corrected chi connectivity index (χ2v) is 7.57. The molecular formula is C24H32N4O3. The molecule has 1 fully saturated rings. The number of methoxy groups -OCH3 is 1. The lowest BCUT2D eigenvalue weighted by atomic mass is 10.1. The number of amides is 2. The number of anilines is 2. The summed E-state index contributed by atoms with van der Waals surface area (Å²) in [6, 6.07) is 15.2. The van der Waals surface area contributed by atoms with Gasteiger partial charge in [0, 0.05) is 56.2 Å². The third-order valence-electron chi connectivity index (χ3n) is 5.62. The van der Waals surface area contributed by atoms with Crippen LogP contribution in [0.15, 0.2) is 48.5 Å². The van der Waals surface area contributed by atoms with Crippen LogP contribution in [0.1, 0.15) is 24.2 Å². The molecule has 1 heterocycles. The number of carbonyl (C=O) groups excluding carboxylic acids is 2. The molecule has 0 radical (unpaired) electrons. The standard InChI is InChI=1S/C24H32N4O3/c1-4-27(5-2)24(30)19-7-6-8-20(17-19)25-23(29)18-26-13-15-28(16-14-26)21-9-11-22(31-3)12-10-21/h6-12,17H,4-5,13-16,18H2,1-3H3,(H,25,29).